The summed E-state index contributed by atoms with van der Waals surface area (Å²) in [6.07, 6.45) is 0.340. The third-order valence-corrected chi connectivity index (χ3v) is 6.10. The van der Waals surface area contributed by atoms with Crippen molar-refractivity contribution in [1.29, 1.82) is 0 Å². The molecular weight excluding hydrogens is 355 g/mol. The summed E-state index contributed by atoms with van der Waals surface area (Å²) in [6.45, 7) is 4.43. The van der Waals surface area contributed by atoms with Crippen molar-refractivity contribution in [2.75, 3.05) is 19.6 Å². The summed E-state index contributed by atoms with van der Waals surface area (Å²) in [5, 5.41) is 3.43. The summed E-state index contributed by atoms with van der Waals surface area (Å²) in [7, 11) is 0. The van der Waals surface area contributed by atoms with Gasteiger partial charge in [-0.15, -0.1) is 0 Å². The first-order valence-electron chi connectivity index (χ1n) is 9.79. The normalized spacial score (nSPS) is 24.1. The first-order chi connectivity index (χ1) is 13.6. The van der Waals surface area contributed by atoms with Crippen LogP contribution in [0.15, 0.2) is 42.5 Å². The maximum absolute atomic E-state index is 13.9. The van der Waals surface area contributed by atoms with Crippen molar-refractivity contribution >= 4 is 16.9 Å². The van der Waals surface area contributed by atoms with Gasteiger partial charge < -0.3 is 15.2 Å². The highest BCUT2D eigenvalue weighted by Crippen LogP contribution is 2.43. The van der Waals surface area contributed by atoms with E-state index in [1.165, 1.54) is 6.07 Å². The molecule has 2 aromatic carbocycles. The van der Waals surface area contributed by atoms with Crippen LogP contribution in [0.1, 0.15) is 23.0 Å². The number of carbonyl (C=O) groups excluding carboxylic acids is 1. The Labute approximate surface area is 163 Å². The smallest absolute Gasteiger partial charge is 0.227 e. The van der Waals surface area contributed by atoms with Gasteiger partial charge in [0.05, 0.1) is 23.5 Å². The second-order valence-corrected chi connectivity index (χ2v) is 7.98. The molecule has 6 heteroatoms. The second kappa shape index (κ2) is 6.71. The van der Waals surface area contributed by atoms with Crippen LogP contribution in [0.2, 0.25) is 0 Å². The highest BCUT2D eigenvalue weighted by Gasteiger charge is 2.46. The molecule has 5 nitrogen and oxygen atoms in total. The third-order valence-electron chi connectivity index (χ3n) is 6.10. The molecule has 2 aliphatic rings. The molecule has 144 valence electrons. The number of imidazole rings is 1. The van der Waals surface area contributed by atoms with Gasteiger partial charge in [0.15, 0.2) is 0 Å². The Morgan fingerprint density at radius 2 is 2.14 bits per heavy atom. The van der Waals surface area contributed by atoms with Crippen LogP contribution in [0.25, 0.3) is 11.0 Å². The zero-order valence-corrected chi connectivity index (χ0v) is 15.8. The number of hydrogen-bond donors (Lipinski definition) is 2. The molecular formula is C22H23FN4O. The van der Waals surface area contributed by atoms with Gasteiger partial charge in [-0.05, 0) is 48.2 Å². The minimum absolute atomic E-state index is 0.0682. The molecule has 1 amide bonds. The van der Waals surface area contributed by atoms with Crippen molar-refractivity contribution in [1.82, 2.24) is 20.2 Å². The number of nitrogens with one attached hydrogen (secondary N) is 2. The monoisotopic (exact) mass is 378 g/mol. The maximum Gasteiger partial charge on any atom is 0.227 e. The minimum atomic E-state index is -0.251. The van der Waals surface area contributed by atoms with Gasteiger partial charge in [-0.2, -0.15) is 0 Å². The summed E-state index contributed by atoms with van der Waals surface area (Å²) in [5.74, 6) is 1.47. The van der Waals surface area contributed by atoms with Crippen molar-refractivity contribution < 1.29 is 9.18 Å². The van der Waals surface area contributed by atoms with Crippen LogP contribution in [0, 0.1) is 24.6 Å². The van der Waals surface area contributed by atoms with Gasteiger partial charge in [-0.25, -0.2) is 9.37 Å². The van der Waals surface area contributed by atoms with E-state index in [1.54, 1.807) is 12.1 Å². The summed E-state index contributed by atoms with van der Waals surface area (Å²) in [6, 6.07) is 12.6. The molecule has 2 aliphatic heterocycles. The number of aromatic nitrogens is 2. The third kappa shape index (κ3) is 2.98. The number of hydrogen-bond acceptors (Lipinski definition) is 3. The Kier molecular flexibility index (Phi) is 4.16. The molecule has 0 unspecified atom stereocenters. The Morgan fingerprint density at radius 3 is 3.00 bits per heavy atom. The van der Waals surface area contributed by atoms with Crippen LogP contribution in [0.3, 0.4) is 0 Å². The summed E-state index contributed by atoms with van der Waals surface area (Å²) in [5.41, 5.74) is 3.72. The fourth-order valence-corrected chi connectivity index (χ4v) is 4.87. The Bertz CT molecular complexity index is 1050. The molecule has 28 heavy (non-hydrogen) atoms. The Morgan fingerprint density at radius 1 is 1.25 bits per heavy atom. The van der Waals surface area contributed by atoms with Crippen molar-refractivity contribution in [3.05, 3.63) is 65.2 Å². The molecule has 2 N–H and O–H groups in total. The lowest BCUT2D eigenvalue weighted by Gasteiger charge is -2.28. The van der Waals surface area contributed by atoms with Gasteiger partial charge in [0, 0.05) is 25.6 Å². The van der Waals surface area contributed by atoms with Gasteiger partial charge in [-0.3, -0.25) is 4.79 Å². The summed E-state index contributed by atoms with van der Waals surface area (Å²) < 4.78 is 13.9. The highest BCUT2D eigenvalue weighted by atomic mass is 19.1. The van der Waals surface area contributed by atoms with Crippen LogP contribution < -0.4 is 5.32 Å². The van der Waals surface area contributed by atoms with Crippen LogP contribution in [0.5, 0.6) is 0 Å². The minimum Gasteiger partial charge on any atom is -0.342 e. The van der Waals surface area contributed by atoms with Gasteiger partial charge in [0.2, 0.25) is 5.91 Å². The molecule has 0 bridgehead atoms. The molecule has 0 saturated carbocycles. The number of likely N-dealkylation sites (tertiary alicyclic amines) is 1. The Balaban J connectivity index is 1.43. The molecule has 3 aromatic rings. The van der Waals surface area contributed by atoms with E-state index in [1.807, 2.05) is 36.1 Å². The number of nitrogens with zero attached hydrogens (tertiary/aromatic N) is 2. The van der Waals surface area contributed by atoms with Crippen molar-refractivity contribution in [3.63, 3.8) is 0 Å². The molecule has 2 saturated heterocycles. The second-order valence-electron chi connectivity index (χ2n) is 7.98. The van der Waals surface area contributed by atoms with E-state index in [4.69, 9.17) is 0 Å². The molecule has 5 rings (SSSR count). The number of carbonyl (C=O) groups is 1. The molecule has 3 heterocycles. The number of H-pyrrole nitrogens is 1. The van der Waals surface area contributed by atoms with E-state index in [9.17, 15) is 9.18 Å². The number of rotatable bonds is 3. The highest BCUT2D eigenvalue weighted by molar-refractivity contribution is 5.82. The molecule has 0 aliphatic carbocycles. The predicted molar refractivity (Wildman–Crippen MR) is 105 cm³/mol. The van der Waals surface area contributed by atoms with E-state index in [0.29, 0.717) is 18.3 Å². The van der Waals surface area contributed by atoms with Gasteiger partial charge in [-0.1, -0.05) is 18.2 Å². The number of fused-ring (bicyclic) bond motifs is 2. The average molecular weight is 378 g/mol. The largest absolute Gasteiger partial charge is 0.342 e. The average Bonchev–Trinajstić information content (AvgIpc) is 3.34. The SMILES string of the molecule is Cc1nc2ccc(CC(=O)N3C[C@@H]4CNC[C@@H]4[C@@H]3c3cccc(F)c3)cc2[nH]1. The van der Waals surface area contributed by atoms with E-state index in [-0.39, 0.29) is 17.8 Å². The lowest BCUT2D eigenvalue weighted by Crippen LogP contribution is -2.35. The van der Waals surface area contributed by atoms with Crippen molar-refractivity contribution in [2.24, 2.45) is 11.8 Å². The zero-order chi connectivity index (χ0) is 19.3. The summed E-state index contributed by atoms with van der Waals surface area (Å²) in [4.78, 5) is 22.9. The van der Waals surface area contributed by atoms with Crippen LogP contribution in [0.4, 0.5) is 4.39 Å². The van der Waals surface area contributed by atoms with E-state index < -0.39 is 0 Å². The standard InChI is InChI=1S/C22H23FN4O/c1-13-25-19-6-5-14(7-20(19)26-13)8-21(28)27-12-16-10-24-11-18(16)22(27)15-3-2-4-17(23)9-15/h2-7,9,16,18,22,24H,8,10-12H2,1H3,(H,25,26)/t16-,18-,22-/m0/s1. The molecule has 1 aromatic heterocycles. The van der Waals surface area contributed by atoms with Crippen LogP contribution in [-0.2, 0) is 11.2 Å². The first-order valence-corrected chi connectivity index (χ1v) is 9.79. The van der Waals surface area contributed by atoms with Crippen molar-refractivity contribution in [3.8, 4) is 0 Å². The van der Waals surface area contributed by atoms with Gasteiger partial charge in [0.25, 0.3) is 0 Å². The molecule has 2 fully saturated rings. The number of aromatic amines is 1. The number of halogens is 1. The van der Waals surface area contributed by atoms with Gasteiger partial charge >= 0.3 is 0 Å². The molecule has 3 atom stereocenters. The summed E-state index contributed by atoms with van der Waals surface area (Å²) >= 11 is 0. The topological polar surface area (TPSA) is 61.0 Å². The first kappa shape index (κ1) is 17.4. The Hall–Kier alpha value is -2.73. The quantitative estimate of drug-likeness (QED) is 0.737. The maximum atomic E-state index is 13.9. The predicted octanol–water partition coefficient (Wildman–Crippen LogP) is 2.97. The lowest BCUT2D eigenvalue weighted by atomic mass is 9.89. The van der Waals surface area contributed by atoms with E-state index in [0.717, 1.165) is 47.6 Å². The van der Waals surface area contributed by atoms with E-state index in [2.05, 4.69) is 15.3 Å². The lowest BCUT2D eigenvalue weighted by molar-refractivity contribution is -0.131. The zero-order valence-electron chi connectivity index (χ0n) is 15.8. The molecule has 0 spiro atoms. The fourth-order valence-electron chi connectivity index (χ4n) is 4.87. The van der Waals surface area contributed by atoms with Crippen LogP contribution >= 0.6 is 0 Å². The van der Waals surface area contributed by atoms with Crippen molar-refractivity contribution in [2.45, 2.75) is 19.4 Å². The molecule has 0 radical (unpaired) electrons. The fraction of sp³-hybridized carbons (Fsp3) is 0.364. The van der Waals surface area contributed by atoms with E-state index >= 15 is 0 Å². The van der Waals surface area contributed by atoms with Crippen LogP contribution in [-0.4, -0.2) is 40.4 Å². The number of amides is 1. The number of aryl methyl sites for hydroxylation is 1. The van der Waals surface area contributed by atoms with Gasteiger partial charge in [0.1, 0.15) is 11.6 Å². The number of benzene rings is 2.